The number of alkyl halides is 3. The summed E-state index contributed by atoms with van der Waals surface area (Å²) in [5, 5.41) is 6.20. The molecular formula is C16H25F3N4. The molecular weight excluding hydrogens is 305 g/mol. The van der Waals surface area contributed by atoms with Gasteiger partial charge in [0.15, 0.2) is 5.96 Å². The highest BCUT2D eigenvalue weighted by Gasteiger charge is 2.28. The van der Waals surface area contributed by atoms with Crippen molar-refractivity contribution in [2.45, 2.75) is 26.1 Å². The van der Waals surface area contributed by atoms with E-state index in [9.17, 15) is 13.2 Å². The second kappa shape index (κ2) is 9.39. The number of hydrogen-bond donors (Lipinski definition) is 2. The number of guanidine groups is 1. The molecule has 23 heavy (non-hydrogen) atoms. The van der Waals surface area contributed by atoms with Crippen molar-refractivity contribution >= 4 is 5.96 Å². The Hall–Kier alpha value is -1.76. The molecule has 0 aliphatic carbocycles. The van der Waals surface area contributed by atoms with Crippen molar-refractivity contribution in [2.75, 3.05) is 33.7 Å². The van der Waals surface area contributed by atoms with Gasteiger partial charge in [-0.05, 0) is 24.6 Å². The van der Waals surface area contributed by atoms with Crippen LogP contribution < -0.4 is 10.6 Å². The third-order valence-electron chi connectivity index (χ3n) is 3.40. The first-order chi connectivity index (χ1) is 10.9. The van der Waals surface area contributed by atoms with E-state index in [1.54, 1.807) is 7.05 Å². The molecule has 0 aliphatic rings. The SMILES string of the molecule is CCc1ccccc1CNC(=NC)NCCN(C)CC(F)(F)F. The van der Waals surface area contributed by atoms with Gasteiger partial charge in [0.05, 0.1) is 6.54 Å². The van der Waals surface area contributed by atoms with Crippen molar-refractivity contribution in [3.05, 3.63) is 35.4 Å². The number of rotatable bonds is 7. The van der Waals surface area contributed by atoms with E-state index >= 15 is 0 Å². The van der Waals surface area contributed by atoms with Crippen LogP contribution in [0, 0.1) is 0 Å². The first-order valence-corrected chi connectivity index (χ1v) is 7.62. The van der Waals surface area contributed by atoms with Crippen LogP contribution in [0.3, 0.4) is 0 Å². The molecule has 0 aliphatic heterocycles. The van der Waals surface area contributed by atoms with Gasteiger partial charge in [0.25, 0.3) is 0 Å². The van der Waals surface area contributed by atoms with Gasteiger partial charge in [-0.3, -0.25) is 9.89 Å². The Kier molecular flexibility index (Phi) is 7.88. The summed E-state index contributed by atoms with van der Waals surface area (Å²) in [4.78, 5) is 5.31. The molecule has 0 aromatic heterocycles. The molecule has 0 amide bonds. The lowest BCUT2D eigenvalue weighted by atomic mass is 10.1. The Morgan fingerprint density at radius 2 is 1.83 bits per heavy atom. The molecule has 0 saturated heterocycles. The summed E-state index contributed by atoms with van der Waals surface area (Å²) in [5.74, 6) is 0.580. The van der Waals surface area contributed by atoms with Crippen molar-refractivity contribution in [1.82, 2.24) is 15.5 Å². The van der Waals surface area contributed by atoms with E-state index in [1.807, 2.05) is 12.1 Å². The van der Waals surface area contributed by atoms with Crippen molar-refractivity contribution in [3.63, 3.8) is 0 Å². The smallest absolute Gasteiger partial charge is 0.355 e. The standard InChI is InChI=1S/C16H25F3N4/c1-4-13-7-5-6-8-14(13)11-22-15(20-2)21-9-10-23(3)12-16(17,18)19/h5-8H,4,9-12H2,1-3H3,(H2,20,21,22). The fourth-order valence-electron chi connectivity index (χ4n) is 2.22. The van der Waals surface area contributed by atoms with Crippen LogP contribution in [-0.4, -0.2) is 50.8 Å². The predicted molar refractivity (Wildman–Crippen MR) is 87.6 cm³/mol. The van der Waals surface area contributed by atoms with Gasteiger partial charge in [0.2, 0.25) is 0 Å². The van der Waals surface area contributed by atoms with E-state index in [0.29, 0.717) is 19.0 Å². The van der Waals surface area contributed by atoms with Gasteiger partial charge in [-0.1, -0.05) is 31.2 Å². The van der Waals surface area contributed by atoms with Crippen molar-refractivity contribution < 1.29 is 13.2 Å². The summed E-state index contributed by atoms with van der Waals surface area (Å²) in [6.45, 7) is 2.49. The highest BCUT2D eigenvalue weighted by Crippen LogP contribution is 2.15. The summed E-state index contributed by atoms with van der Waals surface area (Å²) < 4.78 is 36.7. The number of benzene rings is 1. The number of nitrogens with one attached hydrogen (secondary N) is 2. The molecule has 0 saturated carbocycles. The fourth-order valence-corrected chi connectivity index (χ4v) is 2.22. The number of nitrogens with zero attached hydrogens (tertiary/aromatic N) is 2. The molecule has 1 rings (SSSR count). The summed E-state index contributed by atoms with van der Waals surface area (Å²) in [6, 6.07) is 8.12. The molecule has 0 radical (unpaired) electrons. The maximum absolute atomic E-state index is 12.2. The average molecular weight is 330 g/mol. The maximum Gasteiger partial charge on any atom is 0.401 e. The Morgan fingerprint density at radius 1 is 1.17 bits per heavy atom. The van der Waals surface area contributed by atoms with Crippen LogP contribution in [0.4, 0.5) is 13.2 Å². The second-order valence-corrected chi connectivity index (χ2v) is 5.33. The third-order valence-corrected chi connectivity index (χ3v) is 3.40. The predicted octanol–water partition coefficient (Wildman–Crippen LogP) is 2.41. The van der Waals surface area contributed by atoms with Crippen molar-refractivity contribution in [3.8, 4) is 0 Å². The minimum atomic E-state index is -4.17. The van der Waals surface area contributed by atoms with E-state index in [-0.39, 0.29) is 6.54 Å². The normalized spacial score (nSPS) is 12.6. The number of halogens is 3. The van der Waals surface area contributed by atoms with Crippen molar-refractivity contribution in [1.29, 1.82) is 0 Å². The quantitative estimate of drug-likeness (QED) is 0.596. The largest absolute Gasteiger partial charge is 0.401 e. The molecule has 130 valence electrons. The zero-order chi connectivity index (χ0) is 17.3. The fraction of sp³-hybridized carbons (Fsp3) is 0.562. The van der Waals surface area contributed by atoms with Gasteiger partial charge < -0.3 is 10.6 Å². The van der Waals surface area contributed by atoms with Crippen LogP contribution in [0.15, 0.2) is 29.3 Å². The zero-order valence-corrected chi connectivity index (χ0v) is 13.9. The average Bonchev–Trinajstić information content (AvgIpc) is 2.49. The molecule has 1 aromatic rings. The van der Waals surface area contributed by atoms with Gasteiger partial charge in [-0.2, -0.15) is 13.2 Å². The van der Waals surface area contributed by atoms with Crippen LogP contribution in [-0.2, 0) is 13.0 Å². The Bertz CT molecular complexity index is 500. The Balaban J connectivity index is 2.38. The molecule has 0 bridgehead atoms. The summed E-state index contributed by atoms with van der Waals surface area (Å²) in [7, 11) is 3.09. The summed E-state index contributed by atoms with van der Waals surface area (Å²) in [5.41, 5.74) is 2.45. The van der Waals surface area contributed by atoms with Gasteiger partial charge in [-0.15, -0.1) is 0 Å². The number of aryl methyl sites for hydroxylation is 1. The minimum absolute atomic E-state index is 0.283. The first kappa shape index (κ1) is 19.3. The Labute approximate surface area is 135 Å². The van der Waals surface area contributed by atoms with E-state index < -0.39 is 12.7 Å². The van der Waals surface area contributed by atoms with E-state index in [4.69, 9.17) is 0 Å². The number of likely N-dealkylation sites (N-methyl/N-ethyl adjacent to an activating group) is 1. The highest BCUT2D eigenvalue weighted by molar-refractivity contribution is 5.79. The first-order valence-electron chi connectivity index (χ1n) is 7.62. The second-order valence-electron chi connectivity index (χ2n) is 5.33. The minimum Gasteiger partial charge on any atom is -0.355 e. The van der Waals surface area contributed by atoms with E-state index in [0.717, 1.165) is 6.42 Å². The van der Waals surface area contributed by atoms with Crippen LogP contribution in [0.5, 0.6) is 0 Å². The van der Waals surface area contributed by atoms with Crippen LogP contribution in [0.2, 0.25) is 0 Å². The lowest BCUT2D eigenvalue weighted by Crippen LogP contribution is -2.42. The van der Waals surface area contributed by atoms with E-state index in [1.165, 1.54) is 23.1 Å². The molecule has 0 spiro atoms. The molecule has 4 nitrogen and oxygen atoms in total. The van der Waals surface area contributed by atoms with Crippen LogP contribution in [0.1, 0.15) is 18.1 Å². The van der Waals surface area contributed by atoms with Crippen molar-refractivity contribution in [2.24, 2.45) is 4.99 Å². The van der Waals surface area contributed by atoms with Gasteiger partial charge >= 0.3 is 6.18 Å². The third kappa shape index (κ3) is 7.88. The lowest BCUT2D eigenvalue weighted by Gasteiger charge is -2.19. The lowest BCUT2D eigenvalue weighted by molar-refractivity contribution is -0.142. The molecule has 2 N–H and O–H groups in total. The topological polar surface area (TPSA) is 39.7 Å². The Morgan fingerprint density at radius 3 is 2.39 bits per heavy atom. The van der Waals surface area contributed by atoms with Gasteiger partial charge in [-0.25, -0.2) is 0 Å². The highest BCUT2D eigenvalue weighted by atomic mass is 19.4. The molecule has 7 heteroatoms. The van der Waals surface area contributed by atoms with Crippen LogP contribution >= 0.6 is 0 Å². The molecule has 0 unspecified atom stereocenters. The van der Waals surface area contributed by atoms with Gasteiger partial charge in [0, 0.05) is 26.7 Å². The van der Waals surface area contributed by atoms with E-state index in [2.05, 4.69) is 34.7 Å². The monoisotopic (exact) mass is 330 g/mol. The zero-order valence-electron chi connectivity index (χ0n) is 13.9. The summed E-state index contributed by atoms with van der Waals surface area (Å²) >= 11 is 0. The summed E-state index contributed by atoms with van der Waals surface area (Å²) in [6.07, 6.45) is -3.22. The number of aliphatic imine (C=N–C) groups is 1. The maximum atomic E-state index is 12.2. The van der Waals surface area contributed by atoms with Crippen LogP contribution in [0.25, 0.3) is 0 Å². The number of hydrogen-bond acceptors (Lipinski definition) is 2. The molecule has 0 heterocycles. The molecule has 0 fully saturated rings. The molecule has 1 aromatic carbocycles. The molecule has 0 atom stereocenters. The van der Waals surface area contributed by atoms with Gasteiger partial charge in [0.1, 0.15) is 0 Å².